The summed E-state index contributed by atoms with van der Waals surface area (Å²) in [6, 6.07) is 24.3. The molecule has 0 atom stereocenters. The van der Waals surface area contributed by atoms with Gasteiger partial charge in [0.2, 0.25) is 0 Å². The summed E-state index contributed by atoms with van der Waals surface area (Å²) in [5.41, 5.74) is 2.99. The minimum absolute atomic E-state index is 0. The highest BCUT2D eigenvalue weighted by molar-refractivity contribution is 7.90. The third kappa shape index (κ3) is 4.86. The van der Waals surface area contributed by atoms with E-state index in [1.54, 1.807) is 42.7 Å². The zero-order valence-electron chi connectivity index (χ0n) is 18.8. The molecule has 0 saturated carbocycles. The number of fused-ring (bicyclic) bond motifs is 1. The lowest BCUT2D eigenvalue weighted by Gasteiger charge is -2.09. The average Bonchev–Trinajstić information content (AvgIpc) is 3.29. The van der Waals surface area contributed by atoms with Crippen LogP contribution in [-0.2, 0) is 16.6 Å². The Morgan fingerprint density at radius 3 is 2.28 bits per heavy atom. The van der Waals surface area contributed by atoms with E-state index in [1.807, 2.05) is 24.3 Å². The van der Waals surface area contributed by atoms with Gasteiger partial charge in [0.1, 0.15) is 5.82 Å². The lowest BCUT2D eigenvalue weighted by atomic mass is 10.1. The smallest absolute Gasteiger partial charge is 0.268 e. The second-order valence-corrected chi connectivity index (χ2v) is 9.72. The maximum atomic E-state index is 13.5. The lowest BCUT2D eigenvalue weighted by molar-refractivity contribution is 0.0951. The number of carbonyl (C=O) groups is 1. The van der Waals surface area contributed by atoms with Crippen molar-refractivity contribution in [3.63, 3.8) is 0 Å². The molecule has 1 N–H and O–H groups in total. The van der Waals surface area contributed by atoms with Crippen LogP contribution in [0.4, 0.5) is 4.39 Å². The number of nitrogens with zero attached hydrogens (tertiary/aromatic N) is 2. The minimum Gasteiger partial charge on any atom is -0.348 e. The van der Waals surface area contributed by atoms with Crippen LogP contribution in [-0.4, -0.2) is 23.3 Å². The van der Waals surface area contributed by atoms with Crippen LogP contribution < -0.4 is 5.32 Å². The van der Waals surface area contributed by atoms with Gasteiger partial charge in [-0.25, -0.2) is 16.8 Å². The predicted octanol–water partition coefficient (Wildman–Crippen LogP) is 5.43. The van der Waals surface area contributed by atoms with Gasteiger partial charge in [0.05, 0.1) is 16.1 Å². The van der Waals surface area contributed by atoms with Crippen LogP contribution in [0.15, 0.2) is 108 Å². The number of halogens is 2. The molecule has 6 nitrogen and oxygen atoms in total. The number of para-hydroxylation sites is 1. The van der Waals surface area contributed by atoms with E-state index < -0.39 is 10.0 Å². The molecular formula is C27H21ClFN3O3S. The van der Waals surface area contributed by atoms with E-state index in [-0.39, 0.29) is 35.6 Å². The summed E-state index contributed by atoms with van der Waals surface area (Å²) in [6.45, 7) is 0.227. The highest BCUT2D eigenvalue weighted by Gasteiger charge is 2.22. The molecule has 1 amide bonds. The van der Waals surface area contributed by atoms with Crippen LogP contribution in [0.1, 0.15) is 15.9 Å². The van der Waals surface area contributed by atoms with Crippen molar-refractivity contribution in [2.24, 2.45) is 0 Å². The van der Waals surface area contributed by atoms with Crippen LogP contribution in [0.2, 0.25) is 0 Å². The van der Waals surface area contributed by atoms with E-state index in [1.165, 1.54) is 40.4 Å². The van der Waals surface area contributed by atoms with Gasteiger partial charge in [0.15, 0.2) is 0 Å². The van der Waals surface area contributed by atoms with E-state index in [9.17, 15) is 17.6 Å². The molecule has 0 radical (unpaired) electrons. The maximum Gasteiger partial charge on any atom is 0.268 e. The second kappa shape index (κ2) is 10.3. The van der Waals surface area contributed by atoms with Gasteiger partial charge in [-0.05, 0) is 60.2 Å². The van der Waals surface area contributed by atoms with E-state index in [0.29, 0.717) is 22.3 Å². The van der Waals surface area contributed by atoms with Gasteiger partial charge in [-0.3, -0.25) is 9.78 Å². The lowest BCUT2D eigenvalue weighted by Crippen LogP contribution is -2.22. The summed E-state index contributed by atoms with van der Waals surface area (Å²) in [4.78, 5) is 16.9. The molecule has 0 spiro atoms. The Hall–Kier alpha value is -4.01. The third-order valence-electron chi connectivity index (χ3n) is 5.66. The van der Waals surface area contributed by atoms with Crippen molar-refractivity contribution in [3.05, 3.63) is 120 Å². The summed E-state index contributed by atoms with van der Waals surface area (Å²) in [5.74, 6) is -0.707. The number of amides is 1. The molecule has 0 fully saturated rings. The van der Waals surface area contributed by atoms with Crippen LogP contribution >= 0.6 is 12.4 Å². The number of hydrogen-bond acceptors (Lipinski definition) is 4. The van der Waals surface area contributed by atoms with Crippen molar-refractivity contribution in [1.82, 2.24) is 14.3 Å². The Morgan fingerprint density at radius 1 is 0.889 bits per heavy atom. The summed E-state index contributed by atoms with van der Waals surface area (Å²) in [7, 11) is -3.93. The molecular weight excluding hydrogens is 501 g/mol. The highest BCUT2D eigenvalue weighted by Crippen LogP contribution is 2.32. The standard InChI is InChI=1S/C27H20FN3O3S.ClH/c28-21-12-8-19(9-13-21)17-30-27(32)20-10-14-22(15-11-20)35(33,34)31-18-24(25-6-3-4-16-29-25)23-5-1-2-7-26(23)31;/h1-16,18H,17H2,(H,30,32);1H. The number of nitrogens with one attached hydrogen (secondary N) is 1. The molecule has 5 rings (SSSR count). The predicted molar refractivity (Wildman–Crippen MR) is 139 cm³/mol. The van der Waals surface area contributed by atoms with Crippen molar-refractivity contribution >= 4 is 39.2 Å². The normalized spacial score (nSPS) is 11.1. The molecule has 0 unspecified atom stereocenters. The number of aromatic nitrogens is 2. The van der Waals surface area contributed by atoms with Crippen LogP contribution in [0.3, 0.4) is 0 Å². The summed E-state index contributed by atoms with van der Waals surface area (Å²) < 4.78 is 41.3. The van der Waals surface area contributed by atoms with E-state index >= 15 is 0 Å². The highest BCUT2D eigenvalue weighted by atomic mass is 35.5. The monoisotopic (exact) mass is 521 g/mol. The van der Waals surface area contributed by atoms with Gasteiger partial charge in [0, 0.05) is 35.5 Å². The Labute approximate surface area is 213 Å². The number of hydrogen-bond donors (Lipinski definition) is 1. The number of carbonyl (C=O) groups excluding carboxylic acids is 1. The molecule has 0 aliphatic heterocycles. The molecule has 5 aromatic rings. The molecule has 3 aromatic carbocycles. The first-order chi connectivity index (χ1) is 16.9. The first kappa shape index (κ1) is 25.1. The van der Waals surface area contributed by atoms with Crippen molar-refractivity contribution in [1.29, 1.82) is 0 Å². The van der Waals surface area contributed by atoms with Gasteiger partial charge in [-0.1, -0.05) is 36.4 Å². The largest absolute Gasteiger partial charge is 0.348 e. The zero-order chi connectivity index (χ0) is 24.4. The Kier molecular flexibility index (Phi) is 7.19. The van der Waals surface area contributed by atoms with Gasteiger partial charge in [0.25, 0.3) is 15.9 Å². The molecule has 0 aliphatic rings. The molecule has 9 heteroatoms. The molecule has 2 heterocycles. The van der Waals surface area contributed by atoms with Crippen molar-refractivity contribution in [3.8, 4) is 11.3 Å². The van der Waals surface area contributed by atoms with Gasteiger partial charge in [-0.15, -0.1) is 12.4 Å². The Morgan fingerprint density at radius 2 is 1.58 bits per heavy atom. The molecule has 0 bridgehead atoms. The van der Waals surface area contributed by atoms with Gasteiger partial charge < -0.3 is 5.32 Å². The summed E-state index contributed by atoms with van der Waals surface area (Å²) in [5, 5.41) is 3.52. The van der Waals surface area contributed by atoms with Crippen LogP contribution in [0.5, 0.6) is 0 Å². The quantitative estimate of drug-likeness (QED) is 0.323. The fourth-order valence-electron chi connectivity index (χ4n) is 3.85. The van der Waals surface area contributed by atoms with Crippen LogP contribution in [0.25, 0.3) is 22.2 Å². The zero-order valence-corrected chi connectivity index (χ0v) is 20.5. The van der Waals surface area contributed by atoms with E-state index in [0.717, 1.165) is 10.9 Å². The summed E-state index contributed by atoms with van der Waals surface area (Å²) in [6.07, 6.45) is 3.24. The van der Waals surface area contributed by atoms with Crippen molar-refractivity contribution in [2.75, 3.05) is 0 Å². The molecule has 36 heavy (non-hydrogen) atoms. The Bertz CT molecular complexity index is 1620. The van der Waals surface area contributed by atoms with Gasteiger partial charge >= 0.3 is 0 Å². The number of benzene rings is 3. The molecule has 0 aliphatic carbocycles. The number of rotatable bonds is 6. The second-order valence-electron chi connectivity index (χ2n) is 7.91. The number of pyridine rings is 1. The van der Waals surface area contributed by atoms with Crippen molar-refractivity contribution < 1.29 is 17.6 Å². The minimum atomic E-state index is -3.93. The average molecular weight is 522 g/mol. The third-order valence-corrected chi connectivity index (χ3v) is 7.35. The van der Waals surface area contributed by atoms with Crippen molar-refractivity contribution in [2.45, 2.75) is 11.4 Å². The summed E-state index contributed by atoms with van der Waals surface area (Å²) >= 11 is 0. The maximum absolute atomic E-state index is 13.5. The molecule has 2 aromatic heterocycles. The fourth-order valence-corrected chi connectivity index (χ4v) is 5.22. The first-order valence-electron chi connectivity index (χ1n) is 10.8. The SMILES string of the molecule is Cl.O=C(NCc1ccc(F)cc1)c1ccc(S(=O)(=O)n2cc(-c3ccccn3)c3ccccc32)cc1. The molecule has 0 saturated heterocycles. The topological polar surface area (TPSA) is 81.1 Å². The first-order valence-corrected chi connectivity index (χ1v) is 12.3. The van der Waals surface area contributed by atoms with E-state index in [4.69, 9.17) is 0 Å². The van der Waals surface area contributed by atoms with Crippen LogP contribution in [0, 0.1) is 5.82 Å². The Balaban J connectivity index is 0.00000304. The van der Waals surface area contributed by atoms with E-state index in [2.05, 4.69) is 10.3 Å². The fraction of sp³-hybridized carbons (Fsp3) is 0.0370. The van der Waals surface area contributed by atoms with Gasteiger partial charge in [-0.2, -0.15) is 0 Å². The molecule has 182 valence electrons.